The van der Waals surface area contributed by atoms with Gasteiger partial charge in [0.2, 0.25) is 0 Å². The molecule has 28 heavy (non-hydrogen) atoms. The van der Waals surface area contributed by atoms with E-state index in [4.69, 9.17) is 39.8 Å². The summed E-state index contributed by atoms with van der Waals surface area (Å²) in [4.78, 5) is 34.4. The quantitative estimate of drug-likeness (QED) is 0.191. The Bertz CT molecular complexity index is 457. The largest absolute Gasteiger partial charge is 0.387 e. The summed E-state index contributed by atoms with van der Waals surface area (Å²) in [5.41, 5.74) is 5.52. The summed E-state index contributed by atoms with van der Waals surface area (Å²) in [6.07, 6.45) is 11.5. The molecule has 0 aliphatic rings. The number of ketones is 2. The zero-order valence-electron chi connectivity index (χ0n) is 17.4. The maximum atomic E-state index is 12.0. The third-order valence-electron chi connectivity index (χ3n) is 4.18. The summed E-state index contributed by atoms with van der Waals surface area (Å²) in [5, 5.41) is 0.835. The van der Waals surface area contributed by atoms with Gasteiger partial charge in [-0.05, 0) is 12.8 Å². The van der Waals surface area contributed by atoms with Crippen LogP contribution >= 0.6 is 24.4 Å². The van der Waals surface area contributed by atoms with Gasteiger partial charge in [0.05, 0.1) is 0 Å². The molecule has 0 heterocycles. The van der Waals surface area contributed by atoms with Crippen LogP contribution < -0.4 is 5.73 Å². The summed E-state index contributed by atoms with van der Waals surface area (Å²) < 4.78 is 0. The van der Waals surface area contributed by atoms with Gasteiger partial charge in [-0.25, -0.2) is 9.68 Å². The molecule has 0 amide bonds. The molecule has 0 aromatic rings. The summed E-state index contributed by atoms with van der Waals surface area (Å²) in [6.45, 7) is 3.91. The van der Waals surface area contributed by atoms with Crippen molar-refractivity contribution in [1.29, 1.82) is 0 Å². The molecule has 0 saturated heterocycles. The van der Waals surface area contributed by atoms with Crippen LogP contribution in [0.3, 0.4) is 0 Å². The Morgan fingerprint density at radius 3 is 1.50 bits per heavy atom. The van der Waals surface area contributed by atoms with Gasteiger partial charge < -0.3 is 5.73 Å². The number of hydroxylamine groups is 2. The van der Waals surface area contributed by atoms with E-state index >= 15 is 0 Å². The minimum absolute atomic E-state index is 0.0542. The van der Waals surface area contributed by atoms with E-state index in [0.29, 0.717) is 12.8 Å². The number of unbranched alkanes of at least 4 members (excludes halogenated alkanes) is 8. The fraction of sp³-hybridized carbons (Fsp3) is 0.800. The Morgan fingerprint density at radius 1 is 0.750 bits per heavy atom. The van der Waals surface area contributed by atoms with Gasteiger partial charge in [-0.3, -0.25) is 9.59 Å². The van der Waals surface area contributed by atoms with Gasteiger partial charge in [0.15, 0.2) is 16.6 Å². The van der Waals surface area contributed by atoms with Gasteiger partial charge in [0.1, 0.15) is 18.2 Å². The molecule has 0 spiro atoms. The number of nitrogens with zero attached hydrogens (tertiary/aromatic N) is 1. The van der Waals surface area contributed by atoms with Gasteiger partial charge in [-0.2, -0.15) is 0 Å². The summed E-state index contributed by atoms with van der Waals surface area (Å²) >= 11 is 9.90. The molecule has 0 saturated carbocycles. The van der Waals surface area contributed by atoms with Crippen LogP contribution in [0.15, 0.2) is 0 Å². The van der Waals surface area contributed by atoms with E-state index in [1.807, 2.05) is 0 Å². The molecule has 0 atom stereocenters. The molecule has 0 radical (unpaired) electrons. The molecule has 2 N–H and O–H groups in total. The highest BCUT2D eigenvalue weighted by Crippen LogP contribution is 2.08. The predicted molar refractivity (Wildman–Crippen MR) is 120 cm³/mol. The first-order chi connectivity index (χ1) is 13.4. The lowest BCUT2D eigenvalue weighted by atomic mass is 10.1. The Balaban J connectivity index is 4.22. The van der Waals surface area contributed by atoms with Crippen molar-refractivity contribution in [3.8, 4) is 0 Å². The minimum atomic E-state index is -0.193. The maximum absolute atomic E-state index is 12.0. The molecule has 6 nitrogen and oxygen atoms in total. The minimum Gasteiger partial charge on any atom is -0.387 e. The Kier molecular flexibility index (Phi) is 17.5. The maximum Gasteiger partial charge on any atom is 0.191 e. The highest BCUT2D eigenvalue weighted by Gasteiger charge is 2.17. The molecule has 8 heteroatoms. The van der Waals surface area contributed by atoms with Crippen LogP contribution in [0, 0.1) is 0 Å². The van der Waals surface area contributed by atoms with Crippen LogP contribution in [0.2, 0.25) is 0 Å². The smallest absolute Gasteiger partial charge is 0.191 e. The van der Waals surface area contributed by atoms with Crippen molar-refractivity contribution in [2.45, 2.75) is 90.9 Å². The van der Waals surface area contributed by atoms with Gasteiger partial charge in [-0.1, -0.05) is 89.6 Å². The van der Waals surface area contributed by atoms with Gasteiger partial charge in [0, 0.05) is 12.8 Å². The number of Topliss-reactive ketones (excluding diaryl/α,β-unsaturated/α-hetero) is 2. The molecular formula is C20H36N2O4S2. The van der Waals surface area contributed by atoms with Gasteiger partial charge in [0.25, 0.3) is 0 Å². The van der Waals surface area contributed by atoms with E-state index in [-0.39, 0.29) is 34.8 Å². The molecule has 0 aliphatic heterocycles. The van der Waals surface area contributed by atoms with Crippen LogP contribution in [0.4, 0.5) is 0 Å². The van der Waals surface area contributed by atoms with Crippen molar-refractivity contribution >= 4 is 46.0 Å². The van der Waals surface area contributed by atoms with Crippen LogP contribution in [-0.2, 0) is 19.3 Å². The number of hydrogen-bond acceptors (Lipinski definition) is 6. The van der Waals surface area contributed by atoms with Gasteiger partial charge in [-0.15, -0.1) is 5.23 Å². The summed E-state index contributed by atoms with van der Waals surface area (Å²) in [5.74, 6) is -0.115. The number of carbonyl (C=O) groups excluding carboxylic acids is 2. The molecule has 0 aliphatic carbocycles. The standard InChI is InChI=1S/C20H36N2O4S2/c1-3-5-7-9-11-13-17(23)15-25-22(20(28)19(21)27)26-16-18(24)14-12-10-8-6-4-2/h3-16H2,1-2H3,(H2,21,27). The number of rotatable bonds is 18. The lowest BCUT2D eigenvalue weighted by Gasteiger charge is -2.21. The zero-order valence-corrected chi connectivity index (χ0v) is 19.0. The Labute approximate surface area is 180 Å². The lowest BCUT2D eigenvalue weighted by molar-refractivity contribution is -0.305. The van der Waals surface area contributed by atoms with Crippen LogP contribution in [0.25, 0.3) is 0 Å². The van der Waals surface area contributed by atoms with Crippen LogP contribution in [0.1, 0.15) is 90.9 Å². The first-order valence-corrected chi connectivity index (χ1v) is 11.2. The zero-order chi connectivity index (χ0) is 21.2. The average Bonchev–Trinajstić information content (AvgIpc) is 2.67. The SMILES string of the molecule is CCCCCCCC(=O)CON(OCC(=O)CCCCCCC)C(=S)C(N)=S. The van der Waals surface area contributed by atoms with E-state index in [1.165, 1.54) is 12.8 Å². The highest BCUT2D eigenvalue weighted by atomic mass is 32.1. The van der Waals surface area contributed by atoms with Crippen LogP contribution in [-0.4, -0.2) is 40.0 Å². The van der Waals surface area contributed by atoms with Crippen molar-refractivity contribution in [3.05, 3.63) is 0 Å². The van der Waals surface area contributed by atoms with E-state index in [1.54, 1.807) is 0 Å². The molecule has 0 rings (SSSR count). The van der Waals surface area contributed by atoms with Crippen molar-refractivity contribution in [3.63, 3.8) is 0 Å². The topological polar surface area (TPSA) is 81.9 Å². The average molecular weight is 433 g/mol. The molecular weight excluding hydrogens is 396 g/mol. The van der Waals surface area contributed by atoms with Crippen molar-refractivity contribution in [1.82, 2.24) is 5.23 Å². The lowest BCUT2D eigenvalue weighted by Crippen LogP contribution is -2.40. The molecule has 0 unspecified atom stereocenters. The summed E-state index contributed by atoms with van der Waals surface area (Å²) in [7, 11) is 0. The molecule has 0 aromatic heterocycles. The Morgan fingerprint density at radius 2 is 1.14 bits per heavy atom. The second-order valence-electron chi connectivity index (χ2n) is 6.88. The Hall–Kier alpha value is -0.960. The monoisotopic (exact) mass is 432 g/mol. The number of nitrogens with two attached hydrogens (primary N) is 1. The molecule has 0 aromatic carbocycles. The van der Waals surface area contributed by atoms with Crippen molar-refractivity contribution in [2.75, 3.05) is 13.2 Å². The predicted octanol–water partition coefficient (Wildman–Crippen LogP) is 4.62. The number of hydrogen-bond donors (Lipinski definition) is 1. The van der Waals surface area contributed by atoms with Gasteiger partial charge >= 0.3 is 0 Å². The fourth-order valence-corrected chi connectivity index (χ4v) is 2.68. The van der Waals surface area contributed by atoms with Crippen LogP contribution in [0.5, 0.6) is 0 Å². The molecule has 0 bridgehead atoms. The van der Waals surface area contributed by atoms with E-state index < -0.39 is 0 Å². The van der Waals surface area contributed by atoms with E-state index in [2.05, 4.69) is 13.8 Å². The molecule has 0 fully saturated rings. The van der Waals surface area contributed by atoms with E-state index in [9.17, 15) is 9.59 Å². The highest BCUT2D eigenvalue weighted by molar-refractivity contribution is 7.89. The van der Waals surface area contributed by atoms with Crippen molar-refractivity contribution < 1.29 is 19.3 Å². The van der Waals surface area contributed by atoms with Crippen molar-refractivity contribution in [2.24, 2.45) is 5.73 Å². The first kappa shape index (κ1) is 27.0. The number of carbonyl (C=O) groups is 2. The first-order valence-electron chi connectivity index (χ1n) is 10.3. The third-order valence-corrected chi connectivity index (χ3v) is 4.87. The third kappa shape index (κ3) is 15.0. The summed E-state index contributed by atoms with van der Waals surface area (Å²) in [6, 6.07) is 0. The second kappa shape index (κ2) is 18.1. The normalized spacial score (nSPS) is 10.6. The number of thiocarbonyl (C=S) groups is 2. The second-order valence-corrected chi connectivity index (χ2v) is 7.71. The molecule has 162 valence electrons. The fourth-order valence-electron chi connectivity index (χ4n) is 2.50. The van der Waals surface area contributed by atoms with E-state index in [0.717, 1.165) is 56.6 Å².